The van der Waals surface area contributed by atoms with Crippen molar-refractivity contribution in [2.45, 2.75) is 33.2 Å². The first kappa shape index (κ1) is 22.3. The van der Waals surface area contributed by atoms with Crippen LogP contribution in [0.2, 0.25) is 0 Å². The molecule has 2 aliphatic rings. The topological polar surface area (TPSA) is 51.2 Å². The molecule has 2 heterocycles. The standard InChI is InChI=1S/C25H32FN5O/c1-4-29-13-15-30(16-14-29)24-10-7-21(26)17-23(24)19(3)27-25(32)20-5-8-22(9-6-20)31-12-11-18(2)28-31/h5-10,17,19H,4,11-16H2,1-3H3,(H,27,32). The number of benzene rings is 2. The quantitative estimate of drug-likeness (QED) is 0.741. The molecule has 1 saturated heterocycles. The van der Waals surface area contributed by atoms with E-state index in [-0.39, 0.29) is 17.8 Å². The lowest BCUT2D eigenvalue weighted by Gasteiger charge is -2.37. The summed E-state index contributed by atoms with van der Waals surface area (Å²) in [5.74, 6) is -0.459. The Kier molecular flexibility index (Phi) is 6.74. The molecule has 0 aromatic heterocycles. The van der Waals surface area contributed by atoms with Crippen LogP contribution in [0.25, 0.3) is 0 Å². The number of carbonyl (C=O) groups is 1. The number of rotatable bonds is 6. The van der Waals surface area contributed by atoms with Crippen molar-refractivity contribution in [1.29, 1.82) is 0 Å². The summed E-state index contributed by atoms with van der Waals surface area (Å²) in [5, 5.41) is 9.51. The average molecular weight is 438 g/mol. The summed E-state index contributed by atoms with van der Waals surface area (Å²) >= 11 is 0. The summed E-state index contributed by atoms with van der Waals surface area (Å²) < 4.78 is 14.1. The van der Waals surface area contributed by atoms with Crippen LogP contribution < -0.4 is 15.2 Å². The largest absolute Gasteiger partial charge is 0.369 e. The Labute approximate surface area is 189 Å². The van der Waals surface area contributed by atoms with Gasteiger partial charge in [0, 0.05) is 61.7 Å². The fourth-order valence-electron chi connectivity index (χ4n) is 4.37. The van der Waals surface area contributed by atoms with E-state index in [0.29, 0.717) is 5.56 Å². The molecule has 1 atom stereocenters. The van der Waals surface area contributed by atoms with Crippen molar-refractivity contribution in [3.05, 3.63) is 59.4 Å². The van der Waals surface area contributed by atoms with Crippen molar-refractivity contribution in [2.75, 3.05) is 49.2 Å². The van der Waals surface area contributed by atoms with Gasteiger partial charge < -0.3 is 15.1 Å². The van der Waals surface area contributed by atoms with Crippen LogP contribution in [0.3, 0.4) is 0 Å². The number of amides is 1. The van der Waals surface area contributed by atoms with Crippen LogP contribution in [0.4, 0.5) is 15.8 Å². The van der Waals surface area contributed by atoms with Crippen molar-refractivity contribution in [1.82, 2.24) is 10.2 Å². The number of hydrazone groups is 1. The zero-order chi connectivity index (χ0) is 22.7. The van der Waals surface area contributed by atoms with Gasteiger partial charge >= 0.3 is 0 Å². The van der Waals surface area contributed by atoms with E-state index in [1.165, 1.54) is 6.07 Å². The molecule has 1 amide bonds. The highest BCUT2D eigenvalue weighted by molar-refractivity contribution is 5.95. The van der Waals surface area contributed by atoms with E-state index in [2.05, 4.69) is 27.1 Å². The van der Waals surface area contributed by atoms with Crippen molar-refractivity contribution >= 4 is 23.0 Å². The van der Waals surface area contributed by atoms with Gasteiger partial charge in [-0.05, 0) is 62.9 Å². The molecule has 6 nitrogen and oxygen atoms in total. The van der Waals surface area contributed by atoms with Gasteiger partial charge in [-0.2, -0.15) is 5.10 Å². The highest BCUT2D eigenvalue weighted by Gasteiger charge is 2.22. The van der Waals surface area contributed by atoms with Crippen LogP contribution in [0.5, 0.6) is 0 Å². The lowest BCUT2D eigenvalue weighted by atomic mass is 10.0. The molecule has 7 heteroatoms. The Balaban J connectivity index is 1.46. The molecule has 0 aliphatic carbocycles. The maximum atomic E-state index is 14.1. The van der Waals surface area contributed by atoms with Crippen molar-refractivity contribution < 1.29 is 9.18 Å². The summed E-state index contributed by atoms with van der Waals surface area (Å²) in [6.45, 7) is 11.8. The maximum absolute atomic E-state index is 14.1. The molecule has 1 fully saturated rings. The van der Waals surface area contributed by atoms with Crippen molar-refractivity contribution in [3.63, 3.8) is 0 Å². The predicted octanol–water partition coefficient (Wildman–Crippen LogP) is 4.04. The number of nitrogens with one attached hydrogen (secondary N) is 1. The lowest BCUT2D eigenvalue weighted by molar-refractivity contribution is 0.0940. The molecule has 0 saturated carbocycles. The zero-order valence-electron chi connectivity index (χ0n) is 19.1. The minimum atomic E-state index is -0.317. The summed E-state index contributed by atoms with van der Waals surface area (Å²) in [4.78, 5) is 17.6. The molecule has 0 spiro atoms. The van der Waals surface area contributed by atoms with Gasteiger partial charge in [-0.25, -0.2) is 4.39 Å². The van der Waals surface area contributed by atoms with Gasteiger partial charge in [0.15, 0.2) is 0 Å². The fourth-order valence-corrected chi connectivity index (χ4v) is 4.37. The Hall–Kier alpha value is -2.93. The molecule has 2 aromatic rings. The molecule has 0 bridgehead atoms. The van der Waals surface area contributed by atoms with Gasteiger partial charge in [0.05, 0.1) is 11.7 Å². The Bertz CT molecular complexity index is 982. The molecule has 1 N–H and O–H groups in total. The molecule has 1 unspecified atom stereocenters. The average Bonchev–Trinajstić information content (AvgIpc) is 3.25. The van der Waals surface area contributed by atoms with Crippen molar-refractivity contribution in [3.8, 4) is 0 Å². The van der Waals surface area contributed by atoms with E-state index < -0.39 is 0 Å². The highest BCUT2D eigenvalue weighted by Crippen LogP contribution is 2.29. The number of hydrogen-bond donors (Lipinski definition) is 1. The third-order valence-corrected chi connectivity index (χ3v) is 6.37. The van der Waals surface area contributed by atoms with Gasteiger partial charge in [-0.15, -0.1) is 0 Å². The van der Waals surface area contributed by atoms with Crippen molar-refractivity contribution in [2.24, 2.45) is 5.10 Å². The van der Waals surface area contributed by atoms with E-state index in [1.807, 2.05) is 49.2 Å². The highest BCUT2D eigenvalue weighted by atomic mass is 19.1. The first-order valence-corrected chi connectivity index (χ1v) is 11.4. The second kappa shape index (κ2) is 9.69. The monoisotopic (exact) mass is 437 g/mol. The number of anilines is 2. The molecule has 170 valence electrons. The number of carbonyl (C=O) groups excluding carboxylic acids is 1. The number of nitrogens with zero attached hydrogens (tertiary/aromatic N) is 4. The predicted molar refractivity (Wildman–Crippen MR) is 128 cm³/mol. The van der Waals surface area contributed by atoms with Gasteiger partial charge in [-0.1, -0.05) is 6.92 Å². The zero-order valence-corrected chi connectivity index (χ0v) is 19.1. The summed E-state index contributed by atoms with van der Waals surface area (Å²) in [7, 11) is 0. The van der Waals surface area contributed by atoms with Gasteiger partial charge in [0.25, 0.3) is 5.91 Å². The first-order valence-electron chi connectivity index (χ1n) is 11.4. The van der Waals surface area contributed by atoms with E-state index in [1.54, 1.807) is 6.07 Å². The molecule has 0 radical (unpaired) electrons. The Morgan fingerprint density at radius 1 is 1.09 bits per heavy atom. The lowest BCUT2D eigenvalue weighted by Crippen LogP contribution is -2.46. The van der Waals surface area contributed by atoms with E-state index in [4.69, 9.17) is 0 Å². The first-order chi connectivity index (χ1) is 15.4. The maximum Gasteiger partial charge on any atom is 0.251 e. The minimum Gasteiger partial charge on any atom is -0.369 e. The summed E-state index contributed by atoms with van der Waals surface area (Å²) in [5.41, 5.74) is 4.47. The van der Waals surface area contributed by atoms with Crippen LogP contribution in [0.15, 0.2) is 47.6 Å². The van der Waals surface area contributed by atoms with Crippen LogP contribution in [-0.4, -0.2) is 55.8 Å². The molecule has 2 aliphatic heterocycles. The van der Waals surface area contributed by atoms with Crippen LogP contribution in [0, 0.1) is 5.82 Å². The smallest absolute Gasteiger partial charge is 0.251 e. The van der Waals surface area contributed by atoms with Crippen LogP contribution in [-0.2, 0) is 0 Å². The number of halogens is 1. The Morgan fingerprint density at radius 3 is 2.44 bits per heavy atom. The second-order valence-electron chi connectivity index (χ2n) is 8.57. The van der Waals surface area contributed by atoms with Crippen LogP contribution >= 0.6 is 0 Å². The number of likely N-dealkylation sites (N-methyl/N-ethyl adjacent to an activating group) is 1. The SMILES string of the molecule is CCN1CCN(c2ccc(F)cc2C(C)NC(=O)c2ccc(N3CCC(C)=N3)cc2)CC1. The summed E-state index contributed by atoms with van der Waals surface area (Å²) in [6, 6.07) is 12.0. The molecule has 32 heavy (non-hydrogen) atoms. The molecule has 2 aromatic carbocycles. The summed E-state index contributed by atoms with van der Waals surface area (Å²) in [6.07, 6.45) is 0.962. The second-order valence-corrected chi connectivity index (χ2v) is 8.57. The normalized spacial score (nSPS) is 17.9. The number of hydrogen-bond acceptors (Lipinski definition) is 5. The minimum absolute atomic E-state index is 0.170. The van der Waals surface area contributed by atoms with Gasteiger partial charge in [0.1, 0.15) is 5.82 Å². The van der Waals surface area contributed by atoms with Gasteiger partial charge in [-0.3, -0.25) is 9.80 Å². The van der Waals surface area contributed by atoms with E-state index >= 15 is 0 Å². The molecular formula is C25H32FN5O. The number of piperazine rings is 1. The third-order valence-electron chi connectivity index (χ3n) is 6.37. The fraction of sp³-hybridized carbons (Fsp3) is 0.440. The van der Waals surface area contributed by atoms with E-state index in [9.17, 15) is 9.18 Å². The van der Waals surface area contributed by atoms with E-state index in [0.717, 1.165) is 68.3 Å². The molecular weight excluding hydrogens is 405 g/mol. The third kappa shape index (κ3) is 4.93. The Morgan fingerprint density at radius 2 is 1.81 bits per heavy atom. The van der Waals surface area contributed by atoms with Gasteiger partial charge in [0.2, 0.25) is 0 Å². The molecule has 4 rings (SSSR count). The van der Waals surface area contributed by atoms with Crippen LogP contribution in [0.1, 0.15) is 49.2 Å².